The van der Waals surface area contributed by atoms with Crippen molar-refractivity contribution in [3.05, 3.63) is 53.1 Å². The Bertz CT molecular complexity index is 679. The Morgan fingerprint density at radius 3 is 2.32 bits per heavy atom. The molecule has 1 aromatic rings. The van der Waals surface area contributed by atoms with Crippen LogP contribution in [0.3, 0.4) is 0 Å². The maximum Gasteiger partial charge on any atom is 0.159 e. The quantitative estimate of drug-likeness (QED) is 0.412. The lowest BCUT2D eigenvalue weighted by Crippen LogP contribution is -2.34. The first-order valence-corrected chi connectivity index (χ1v) is 9.50. The number of allylic oxidation sites excluding steroid dienone is 3. The smallest absolute Gasteiger partial charge is 0.159 e. The third-order valence-electron chi connectivity index (χ3n) is 5.84. The van der Waals surface area contributed by atoms with Gasteiger partial charge >= 0.3 is 0 Å². The van der Waals surface area contributed by atoms with E-state index in [1.54, 1.807) is 6.92 Å². The minimum absolute atomic E-state index is 0.0177. The van der Waals surface area contributed by atoms with Gasteiger partial charge in [0.2, 0.25) is 0 Å². The second-order valence-electron chi connectivity index (χ2n) is 7.92. The Morgan fingerprint density at radius 2 is 1.80 bits per heavy atom. The molecule has 1 aromatic carbocycles. The summed E-state index contributed by atoms with van der Waals surface area (Å²) in [6, 6.07) is 8.09. The van der Waals surface area contributed by atoms with E-state index in [4.69, 9.17) is 0 Å². The Hall–Kier alpha value is -1.67. The number of ketones is 1. The molecule has 0 saturated carbocycles. The second kappa shape index (κ2) is 7.70. The standard InChI is InChI=1S/C23H33NO/c1-7-23(6)15-13-20(19-11-9-18(10-12-19)17(3)25)22(4,5)21(23)14-16-24-8-2/h9-14,24H,7-8,15-16H2,1-6H3/b21-14-. The summed E-state index contributed by atoms with van der Waals surface area (Å²) in [4.78, 5) is 11.6. The molecular formula is C23H33NO. The Morgan fingerprint density at radius 1 is 1.16 bits per heavy atom. The first-order valence-electron chi connectivity index (χ1n) is 9.50. The van der Waals surface area contributed by atoms with E-state index in [0.717, 1.165) is 31.5 Å². The van der Waals surface area contributed by atoms with Gasteiger partial charge in [0.05, 0.1) is 0 Å². The zero-order valence-corrected chi connectivity index (χ0v) is 16.7. The highest BCUT2D eigenvalue weighted by Gasteiger charge is 2.42. The molecule has 25 heavy (non-hydrogen) atoms. The van der Waals surface area contributed by atoms with Crippen LogP contribution in [0.25, 0.3) is 5.57 Å². The molecule has 0 heterocycles. The summed E-state index contributed by atoms with van der Waals surface area (Å²) in [5.74, 6) is 0.119. The van der Waals surface area contributed by atoms with Crippen molar-refractivity contribution >= 4 is 11.4 Å². The van der Waals surface area contributed by atoms with E-state index in [-0.39, 0.29) is 16.6 Å². The maximum absolute atomic E-state index is 11.6. The predicted molar refractivity (Wildman–Crippen MR) is 108 cm³/mol. The van der Waals surface area contributed by atoms with Gasteiger partial charge in [-0.25, -0.2) is 0 Å². The molecule has 0 fully saturated rings. The minimum Gasteiger partial charge on any atom is -0.314 e. The number of benzene rings is 1. The minimum atomic E-state index is -0.0177. The van der Waals surface area contributed by atoms with Crippen molar-refractivity contribution in [3.8, 4) is 0 Å². The summed E-state index contributed by atoms with van der Waals surface area (Å²) in [6.45, 7) is 15.0. The summed E-state index contributed by atoms with van der Waals surface area (Å²) in [5.41, 5.74) is 5.09. The Labute approximate surface area is 153 Å². The van der Waals surface area contributed by atoms with Crippen molar-refractivity contribution < 1.29 is 4.79 Å². The van der Waals surface area contributed by atoms with Crippen molar-refractivity contribution in [2.75, 3.05) is 13.1 Å². The van der Waals surface area contributed by atoms with Crippen molar-refractivity contribution in [1.29, 1.82) is 0 Å². The molecule has 2 heteroatoms. The number of hydrogen-bond acceptors (Lipinski definition) is 2. The second-order valence-corrected chi connectivity index (χ2v) is 7.92. The molecule has 1 N–H and O–H groups in total. The molecule has 0 saturated heterocycles. The van der Waals surface area contributed by atoms with E-state index < -0.39 is 0 Å². The average Bonchev–Trinajstić information content (AvgIpc) is 2.58. The van der Waals surface area contributed by atoms with Crippen molar-refractivity contribution in [1.82, 2.24) is 5.32 Å². The maximum atomic E-state index is 11.6. The van der Waals surface area contributed by atoms with Gasteiger partial charge in [0.15, 0.2) is 5.78 Å². The molecule has 0 aromatic heterocycles. The first kappa shape index (κ1) is 19.7. The molecule has 1 aliphatic carbocycles. The van der Waals surface area contributed by atoms with Crippen LogP contribution in [0, 0.1) is 10.8 Å². The number of likely N-dealkylation sites (N-methyl/N-ethyl adjacent to an activating group) is 1. The van der Waals surface area contributed by atoms with Gasteiger partial charge in [-0.3, -0.25) is 4.79 Å². The summed E-state index contributed by atoms with van der Waals surface area (Å²) in [6.07, 6.45) is 7.02. The number of rotatable bonds is 6. The molecule has 136 valence electrons. The number of carbonyl (C=O) groups excluding carboxylic acids is 1. The summed E-state index contributed by atoms with van der Waals surface area (Å²) in [5, 5.41) is 3.44. The molecule has 1 unspecified atom stereocenters. The van der Waals surface area contributed by atoms with E-state index >= 15 is 0 Å². The van der Waals surface area contributed by atoms with Gasteiger partial charge in [-0.2, -0.15) is 0 Å². The third-order valence-corrected chi connectivity index (χ3v) is 5.84. The van der Waals surface area contributed by atoms with Crippen LogP contribution in [-0.4, -0.2) is 18.9 Å². The SMILES string of the molecule is CCNC/C=C1\C(C)(CC)CC=C(c2ccc(C(C)=O)cc2)C1(C)C. The zero-order chi connectivity index (χ0) is 18.7. The van der Waals surface area contributed by atoms with Gasteiger partial charge < -0.3 is 5.32 Å². The van der Waals surface area contributed by atoms with Crippen LogP contribution in [0.2, 0.25) is 0 Å². The summed E-state index contributed by atoms with van der Waals surface area (Å²) in [7, 11) is 0. The van der Waals surface area contributed by atoms with Gasteiger partial charge in [0.1, 0.15) is 0 Å². The molecule has 2 nitrogen and oxygen atoms in total. The van der Waals surface area contributed by atoms with Gasteiger partial charge in [-0.1, -0.05) is 76.6 Å². The molecular weight excluding hydrogens is 306 g/mol. The van der Waals surface area contributed by atoms with Crippen LogP contribution in [0.15, 0.2) is 42.0 Å². The third kappa shape index (κ3) is 3.95. The fraction of sp³-hybridized carbons (Fsp3) is 0.522. The lowest BCUT2D eigenvalue weighted by molar-refractivity contribution is 0.101. The van der Waals surface area contributed by atoms with E-state index in [0.29, 0.717) is 0 Å². The van der Waals surface area contributed by atoms with E-state index in [1.165, 1.54) is 16.7 Å². The molecule has 0 bridgehead atoms. The van der Waals surface area contributed by atoms with E-state index in [1.807, 2.05) is 12.1 Å². The Balaban J connectivity index is 2.45. The zero-order valence-electron chi connectivity index (χ0n) is 16.7. The largest absolute Gasteiger partial charge is 0.314 e. The van der Waals surface area contributed by atoms with Crippen molar-refractivity contribution in [2.45, 2.75) is 54.4 Å². The van der Waals surface area contributed by atoms with Gasteiger partial charge in [-0.05, 0) is 42.9 Å². The van der Waals surface area contributed by atoms with Crippen LogP contribution in [-0.2, 0) is 0 Å². The molecule has 0 amide bonds. The summed E-state index contributed by atoms with van der Waals surface area (Å²) < 4.78 is 0. The molecule has 0 radical (unpaired) electrons. The highest BCUT2D eigenvalue weighted by atomic mass is 16.1. The fourth-order valence-electron chi connectivity index (χ4n) is 4.11. The molecule has 1 atom stereocenters. The predicted octanol–water partition coefficient (Wildman–Crippen LogP) is 5.65. The number of hydrogen-bond donors (Lipinski definition) is 1. The van der Waals surface area contributed by atoms with Crippen LogP contribution in [0.1, 0.15) is 70.3 Å². The number of Topliss-reactive ketones (excluding diaryl/α,β-unsaturated/α-hetero) is 1. The highest BCUT2D eigenvalue weighted by molar-refractivity contribution is 5.94. The van der Waals surface area contributed by atoms with Gasteiger partial charge in [-0.15, -0.1) is 0 Å². The molecule has 1 aliphatic rings. The van der Waals surface area contributed by atoms with Crippen LogP contribution in [0.5, 0.6) is 0 Å². The average molecular weight is 340 g/mol. The lowest BCUT2D eigenvalue weighted by Gasteiger charge is -2.46. The number of nitrogens with one attached hydrogen (secondary N) is 1. The fourth-order valence-corrected chi connectivity index (χ4v) is 4.11. The molecule has 2 rings (SSSR count). The van der Waals surface area contributed by atoms with E-state index in [9.17, 15) is 4.79 Å². The highest BCUT2D eigenvalue weighted by Crippen LogP contribution is 2.55. The van der Waals surface area contributed by atoms with Crippen molar-refractivity contribution in [2.24, 2.45) is 10.8 Å². The monoisotopic (exact) mass is 339 g/mol. The molecule has 0 spiro atoms. The van der Waals surface area contributed by atoms with Crippen LogP contribution < -0.4 is 5.32 Å². The molecule has 0 aliphatic heterocycles. The summed E-state index contributed by atoms with van der Waals surface area (Å²) >= 11 is 0. The van der Waals surface area contributed by atoms with Crippen LogP contribution in [0.4, 0.5) is 0 Å². The normalized spacial score (nSPS) is 24.2. The first-order chi connectivity index (χ1) is 11.8. The van der Waals surface area contributed by atoms with Crippen LogP contribution >= 0.6 is 0 Å². The van der Waals surface area contributed by atoms with Gasteiger partial charge in [0, 0.05) is 17.5 Å². The Kier molecular flexibility index (Phi) is 6.05. The topological polar surface area (TPSA) is 29.1 Å². The van der Waals surface area contributed by atoms with E-state index in [2.05, 4.69) is 64.2 Å². The van der Waals surface area contributed by atoms with Gasteiger partial charge in [0.25, 0.3) is 0 Å². The lowest BCUT2D eigenvalue weighted by atomic mass is 9.58. The van der Waals surface area contributed by atoms with Crippen molar-refractivity contribution in [3.63, 3.8) is 0 Å². The number of carbonyl (C=O) groups is 1.